The molecule has 1 aliphatic heterocycles. The van der Waals surface area contributed by atoms with E-state index >= 15 is 0 Å². The molecule has 0 atom stereocenters. The molecular weight excluding hydrogens is 225 g/mol. The van der Waals surface area contributed by atoms with Crippen molar-refractivity contribution in [3.05, 3.63) is 24.3 Å². The van der Waals surface area contributed by atoms with Crippen LogP contribution in [0.3, 0.4) is 0 Å². The Bertz CT molecular complexity index is 370. The third-order valence-electron chi connectivity index (χ3n) is 4.04. The highest BCUT2D eigenvalue weighted by Gasteiger charge is 2.21. The highest BCUT2D eigenvalue weighted by Crippen LogP contribution is 2.27. The number of hydrogen-bond acceptors (Lipinski definition) is 3. The molecule has 0 amide bonds. The van der Waals surface area contributed by atoms with Gasteiger partial charge in [-0.1, -0.05) is 26.0 Å². The Morgan fingerprint density at radius 1 is 1.11 bits per heavy atom. The van der Waals surface area contributed by atoms with Gasteiger partial charge in [-0.3, -0.25) is 0 Å². The topological polar surface area (TPSA) is 43.7 Å². The van der Waals surface area contributed by atoms with Gasteiger partial charge in [-0.2, -0.15) is 0 Å². The van der Waals surface area contributed by atoms with Crippen LogP contribution in [0.2, 0.25) is 0 Å². The quantitative estimate of drug-likeness (QED) is 0.790. The third kappa shape index (κ3) is 3.06. The summed E-state index contributed by atoms with van der Waals surface area (Å²) in [7, 11) is -1.37. The Kier molecular flexibility index (Phi) is 4.30. The zero-order valence-electron chi connectivity index (χ0n) is 11.2. The largest absolute Gasteiger partial charge is 0.488 e. The molecule has 0 bridgehead atoms. The van der Waals surface area contributed by atoms with Gasteiger partial charge in [0.05, 0.1) is 0 Å². The van der Waals surface area contributed by atoms with Crippen molar-refractivity contribution < 1.29 is 10.0 Å². The van der Waals surface area contributed by atoms with Gasteiger partial charge < -0.3 is 14.9 Å². The van der Waals surface area contributed by atoms with Crippen LogP contribution in [0.1, 0.15) is 26.7 Å². The van der Waals surface area contributed by atoms with E-state index in [4.69, 9.17) is 10.0 Å². The minimum Gasteiger partial charge on any atom is -0.423 e. The molecule has 98 valence electrons. The van der Waals surface area contributed by atoms with Crippen molar-refractivity contribution in [3.8, 4) is 0 Å². The molecular formula is C14H22BNO2. The summed E-state index contributed by atoms with van der Waals surface area (Å²) in [6.07, 6.45) is 2.50. The molecule has 1 aliphatic rings. The van der Waals surface area contributed by atoms with Crippen LogP contribution in [-0.4, -0.2) is 30.3 Å². The summed E-state index contributed by atoms with van der Waals surface area (Å²) in [5, 5.41) is 18.1. The fourth-order valence-electron chi connectivity index (χ4n) is 2.68. The van der Waals surface area contributed by atoms with Crippen molar-refractivity contribution in [3.63, 3.8) is 0 Å². The lowest BCUT2D eigenvalue weighted by atomic mass is 9.80. The third-order valence-corrected chi connectivity index (χ3v) is 4.04. The van der Waals surface area contributed by atoms with E-state index in [0.29, 0.717) is 5.46 Å². The molecule has 3 nitrogen and oxygen atoms in total. The van der Waals surface area contributed by atoms with E-state index in [1.807, 2.05) is 12.1 Å². The van der Waals surface area contributed by atoms with Gasteiger partial charge in [0.25, 0.3) is 0 Å². The highest BCUT2D eigenvalue weighted by molar-refractivity contribution is 6.58. The summed E-state index contributed by atoms with van der Waals surface area (Å²) in [5.41, 5.74) is 1.73. The minimum absolute atomic E-state index is 0.552. The highest BCUT2D eigenvalue weighted by atomic mass is 16.4. The van der Waals surface area contributed by atoms with Crippen molar-refractivity contribution in [1.82, 2.24) is 0 Å². The molecule has 0 saturated carbocycles. The SMILES string of the molecule is CC(C)C1CCN(c2ccc(B(O)O)cc2)CC1. The smallest absolute Gasteiger partial charge is 0.423 e. The Morgan fingerprint density at radius 3 is 2.11 bits per heavy atom. The molecule has 0 unspecified atom stereocenters. The Morgan fingerprint density at radius 2 is 1.67 bits per heavy atom. The van der Waals surface area contributed by atoms with E-state index in [0.717, 1.165) is 24.9 Å². The van der Waals surface area contributed by atoms with Crippen LogP contribution in [0.4, 0.5) is 5.69 Å². The van der Waals surface area contributed by atoms with Gasteiger partial charge in [0.15, 0.2) is 0 Å². The van der Waals surface area contributed by atoms with Crippen LogP contribution in [0.25, 0.3) is 0 Å². The van der Waals surface area contributed by atoms with Crippen molar-refractivity contribution in [1.29, 1.82) is 0 Å². The molecule has 4 heteroatoms. The van der Waals surface area contributed by atoms with Crippen LogP contribution >= 0.6 is 0 Å². The number of benzene rings is 1. The first-order valence-electron chi connectivity index (χ1n) is 6.79. The molecule has 1 aromatic rings. The number of hydrogen-bond donors (Lipinski definition) is 2. The first kappa shape index (κ1) is 13.4. The summed E-state index contributed by atoms with van der Waals surface area (Å²) in [5.74, 6) is 1.62. The molecule has 2 rings (SSSR count). The van der Waals surface area contributed by atoms with Gasteiger partial charge in [0.1, 0.15) is 0 Å². The van der Waals surface area contributed by atoms with Gasteiger partial charge in [-0.05, 0) is 42.3 Å². The summed E-state index contributed by atoms with van der Waals surface area (Å²) < 4.78 is 0. The van der Waals surface area contributed by atoms with Crippen LogP contribution in [0.15, 0.2) is 24.3 Å². The first-order valence-corrected chi connectivity index (χ1v) is 6.79. The van der Waals surface area contributed by atoms with Gasteiger partial charge in [-0.15, -0.1) is 0 Å². The minimum atomic E-state index is -1.37. The molecule has 0 radical (unpaired) electrons. The number of anilines is 1. The monoisotopic (exact) mass is 247 g/mol. The zero-order valence-corrected chi connectivity index (χ0v) is 11.2. The molecule has 0 spiro atoms. The van der Waals surface area contributed by atoms with E-state index in [1.165, 1.54) is 18.5 Å². The number of piperidine rings is 1. The lowest BCUT2D eigenvalue weighted by molar-refractivity contribution is 0.311. The summed E-state index contributed by atoms with van der Waals surface area (Å²) in [6.45, 7) is 6.81. The maximum Gasteiger partial charge on any atom is 0.488 e. The van der Waals surface area contributed by atoms with Crippen molar-refractivity contribution in [2.45, 2.75) is 26.7 Å². The normalized spacial score (nSPS) is 17.3. The van der Waals surface area contributed by atoms with Crippen molar-refractivity contribution in [2.75, 3.05) is 18.0 Å². The second-order valence-electron chi connectivity index (χ2n) is 5.53. The summed E-state index contributed by atoms with van der Waals surface area (Å²) in [4.78, 5) is 2.38. The van der Waals surface area contributed by atoms with E-state index in [9.17, 15) is 0 Å². The average Bonchev–Trinajstić information content (AvgIpc) is 2.39. The Hall–Kier alpha value is -0.995. The van der Waals surface area contributed by atoms with E-state index < -0.39 is 7.12 Å². The predicted molar refractivity (Wildman–Crippen MR) is 76.0 cm³/mol. The number of nitrogens with zero attached hydrogens (tertiary/aromatic N) is 1. The molecule has 1 saturated heterocycles. The average molecular weight is 247 g/mol. The van der Waals surface area contributed by atoms with Crippen LogP contribution in [-0.2, 0) is 0 Å². The van der Waals surface area contributed by atoms with Crippen molar-refractivity contribution >= 4 is 18.3 Å². The fourth-order valence-corrected chi connectivity index (χ4v) is 2.68. The second kappa shape index (κ2) is 5.76. The lowest BCUT2D eigenvalue weighted by Gasteiger charge is -2.35. The van der Waals surface area contributed by atoms with Crippen LogP contribution in [0.5, 0.6) is 0 Å². The van der Waals surface area contributed by atoms with E-state index in [2.05, 4.69) is 18.7 Å². The molecule has 0 aromatic heterocycles. The van der Waals surface area contributed by atoms with Crippen molar-refractivity contribution in [2.24, 2.45) is 11.8 Å². The molecule has 18 heavy (non-hydrogen) atoms. The lowest BCUT2D eigenvalue weighted by Crippen LogP contribution is -2.36. The summed E-state index contributed by atoms with van der Waals surface area (Å²) in [6, 6.07) is 7.53. The predicted octanol–water partition coefficient (Wildman–Crippen LogP) is 1.24. The molecule has 1 aromatic carbocycles. The molecule has 1 fully saturated rings. The van der Waals surface area contributed by atoms with Gasteiger partial charge in [-0.25, -0.2) is 0 Å². The van der Waals surface area contributed by atoms with E-state index in [1.54, 1.807) is 12.1 Å². The van der Waals surface area contributed by atoms with Gasteiger partial charge in [0.2, 0.25) is 0 Å². The molecule has 1 heterocycles. The summed E-state index contributed by atoms with van der Waals surface area (Å²) >= 11 is 0. The zero-order chi connectivity index (χ0) is 13.1. The number of rotatable bonds is 3. The van der Waals surface area contributed by atoms with Gasteiger partial charge in [0, 0.05) is 18.8 Å². The van der Waals surface area contributed by atoms with E-state index in [-0.39, 0.29) is 0 Å². The van der Waals surface area contributed by atoms with Crippen LogP contribution in [0, 0.1) is 11.8 Å². The fraction of sp³-hybridized carbons (Fsp3) is 0.571. The van der Waals surface area contributed by atoms with Gasteiger partial charge >= 0.3 is 7.12 Å². The standard InChI is InChI=1S/C14H22BNO2/c1-11(2)12-7-9-16(10-8-12)14-5-3-13(4-6-14)15(17)18/h3-6,11-12,17-18H,7-10H2,1-2H3. The Labute approximate surface area is 110 Å². The molecule has 0 aliphatic carbocycles. The van der Waals surface area contributed by atoms with Crippen LogP contribution < -0.4 is 10.4 Å². The maximum absolute atomic E-state index is 9.06. The Balaban J connectivity index is 1.97. The second-order valence-corrected chi connectivity index (χ2v) is 5.53. The maximum atomic E-state index is 9.06. The first-order chi connectivity index (χ1) is 8.58. The molecule has 2 N–H and O–H groups in total.